The summed E-state index contributed by atoms with van der Waals surface area (Å²) in [6.45, 7) is 2.37. The summed E-state index contributed by atoms with van der Waals surface area (Å²) in [5.41, 5.74) is 1.65. The predicted octanol–water partition coefficient (Wildman–Crippen LogP) is 2.75. The number of aryl methyl sites for hydroxylation is 1. The van der Waals surface area contributed by atoms with Crippen molar-refractivity contribution in [2.45, 2.75) is 63.8 Å². The molecule has 0 amide bonds. The molecule has 4 heteroatoms. The molecule has 1 unspecified atom stereocenters. The van der Waals surface area contributed by atoms with Crippen molar-refractivity contribution in [1.29, 1.82) is 0 Å². The molecule has 0 bridgehead atoms. The largest absolute Gasteiger partial charge is 0.489 e. The van der Waals surface area contributed by atoms with Crippen LogP contribution in [0.3, 0.4) is 0 Å². The van der Waals surface area contributed by atoms with E-state index in [0.717, 1.165) is 12.1 Å². The third-order valence-corrected chi connectivity index (χ3v) is 4.50. The lowest BCUT2D eigenvalue weighted by molar-refractivity contribution is -0.0511. The molecule has 1 saturated carbocycles. The highest BCUT2D eigenvalue weighted by atomic mass is 16.6. The van der Waals surface area contributed by atoms with Gasteiger partial charge in [-0.1, -0.05) is 12.8 Å². The highest BCUT2D eigenvalue weighted by molar-refractivity contribution is 5.28. The van der Waals surface area contributed by atoms with E-state index in [4.69, 9.17) is 9.47 Å². The van der Waals surface area contributed by atoms with Gasteiger partial charge in [-0.2, -0.15) is 0 Å². The molecule has 1 N–H and O–H groups in total. The number of hydrogen-bond donors (Lipinski definition) is 1. The lowest BCUT2D eigenvalue weighted by Crippen LogP contribution is -2.27. The van der Waals surface area contributed by atoms with E-state index < -0.39 is 0 Å². The minimum absolute atomic E-state index is 0.0908. The van der Waals surface area contributed by atoms with Crippen LogP contribution in [0.1, 0.15) is 49.9 Å². The summed E-state index contributed by atoms with van der Waals surface area (Å²) in [7, 11) is 0. The van der Waals surface area contributed by atoms with Crippen molar-refractivity contribution < 1.29 is 14.6 Å². The molecule has 0 radical (unpaired) electrons. The van der Waals surface area contributed by atoms with E-state index >= 15 is 0 Å². The molecule has 3 rings (SSSR count). The van der Waals surface area contributed by atoms with Crippen LogP contribution in [0.4, 0.5) is 0 Å². The summed E-state index contributed by atoms with van der Waals surface area (Å²) in [6.07, 6.45) is 7.43. The van der Waals surface area contributed by atoms with Gasteiger partial charge >= 0.3 is 0 Å². The van der Waals surface area contributed by atoms with Crippen LogP contribution in [0.2, 0.25) is 0 Å². The molecule has 4 nitrogen and oxygen atoms in total. The molecule has 1 aromatic rings. The van der Waals surface area contributed by atoms with Crippen LogP contribution in [0.15, 0.2) is 12.1 Å². The van der Waals surface area contributed by atoms with Gasteiger partial charge in [0.1, 0.15) is 18.1 Å². The summed E-state index contributed by atoms with van der Waals surface area (Å²) >= 11 is 0. The minimum atomic E-state index is -0.0908. The number of rotatable bonds is 4. The molecule has 1 spiro atoms. The van der Waals surface area contributed by atoms with Crippen LogP contribution in [-0.2, 0) is 11.3 Å². The molecule has 1 saturated heterocycles. The Morgan fingerprint density at radius 3 is 2.90 bits per heavy atom. The maximum atomic E-state index is 9.33. The maximum absolute atomic E-state index is 9.33. The Labute approximate surface area is 120 Å². The Hall–Kier alpha value is -1.13. The first-order chi connectivity index (χ1) is 9.71. The molecule has 1 aliphatic carbocycles. The molecular formula is C16H23NO3. The number of aliphatic hydroxyl groups is 1. The van der Waals surface area contributed by atoms with Crippen molar-refractivity contribution in [1.82, 2.24) is 4.98 Å². The van der Waals surface area contributed by atoms with Crippen molar-refractivity contribution in [3.05, 3.63) is 23.5 Å². The van der Waals surface area contributed by atoms with Crippen molar-refractivity contribution in [2.75, 3.05) is 6.61 Å². The van der Waals surface area contributed by atoms with Crippen molar-refractivity contribution >= 4 is 0 Å². The van der Waals surface area contributed by atoms with Gasteiger partial charge in [-0.3, -0.25) is 4.98 Å². The van der Waals surface area contributed by atoms with Crippen molar-refractivity contribution in [2.24, 2.45) is 0 Å². The fourth-order valence-corrected chi connectivity index (χ4v) is 3.43. The molecule has 2 aliphatic rings. The first-order valence-corrected chi connectivity index (χ1v) is 7.59. The molecule has 2 fully saturated rings. The molecule has 110 valence electrons. The first kappa shape index (κ1) is 13.8. The van der Waals surface area contributed by atoms with E-state index in [1.54, 1.807) is 0 Å². The Morgan fingerprint density at radius 1 is 1.35 bits per heavy atom. The first-order valence-electron chi connectivity index (χ1n) is 7.59. The van der Waals surface area contributed by atoms with Gasteiger partial charge in [-0.05, 0) is 44.7 Å². The minimum Gasteiger partial charge on any atom is -0.489 e. The Kier molecular flexibility index (Phi) is 3.94. The normalized spacial score (nSPS) is 24.4. The van der Waals surface area contributed by atoms with Crippen LogP contribution in [0, 0.1) is 6.92 Å². The summed E-state index contributed by atoms with van der Waals surface area (Å²) in [4.78, 5) is 4.29. The van der Waals surface area contributed by atoms with Crippen LogP contribution < -0.4 is 4.74 Å². The van der Waals surface area contributed by atoms with E-state index in [-0.39, 0.29) is 18.3 Å². The smallest absolute Gasteiger partial charge is 0.143 e. The van der Waals surface area contributed by atoms with Gasteiger partial charge < -0.3 is 14.6 Å². The Balaban J connectivity index is 1.57. The molecule has 1 aliphatic heterocycles. The zero-order valence-electron chi connectivity index (χ0n) is 12.1. The van der Waals surface area contributed by atoms with Crippen LogP contribution in [0.25, 0.3) is 0 Å². The second-order valence-electron chi connectivity index (χ2n) is 6.04. The second-order valence-corrected chi connectivity index (χ2v) is 6.04. The quantitative estimate of drug-likeness (QED) is 0.919. The fourth-order valence-electron chi connectivity index (χ4n) is 3.43. The number of aliphatic hydroxyl groups excluding tert-OH is 1. The average Bonchev–Trinajstić information content (AvgIpc) is 3.08. The van der Waals surface area contributed by atoms with Crippen LogP contribution in [-0.4, -0.2) is 28.4 Å². The number of pyridine rings is 1. The molecular weight excluding hydrogens is 254 g/mol. The molecule has 0 aromatic carbocycles. The summed E-state index contributed by atoms with van der Waals surface area (Å²) < 4.78 is 12.0. The second kappa shape index (κ2) is 5.70. The number of aromatic nitrogens is 1. The van der Waals surface area contributed by atoms with E-state index in [1.165, 1.54) is 32.1 Å². The third-order valence-electron chi connectivity index (χ3n) is 4.50. The van der Waals surface area contributed by atoms with Crippen LogP contribution in [0.5, 0.6) is 5.75 Å². The predicted molar refractivity (Wildman–Crippen MR) is 75.7 cm³/mol. The summed E-state index contributed by atoms with van der Waals surface area (Å²) in [6, 6.07) is 3.79. The third kappa shape index (κ3) is 2.81. The SMILES string of the molecule is Cc1ccc(OCC2CCC3(CCCC3)O2)c(CO)n1. The van der Waals surface area contributed by atoms with E-state index in [2.05, 4.69) is 4.98 Å². The van der Waals surface area contributed by atoms with Crippen molar-refractivity contribution in [3.63, 3.8) is 0 Å². The molecule has 1 aromatic heterocycles. The standard InChI is InChI=1S/C16H23NO3/c1-12-4-5-15(14(10-18)17-12)19-11-13-6-9-16(20-13)7-2-3-8-16/h4-5,13,18H,2-3,6-11H2,1H3. The topological polar surface area (TPSA) is 51.6 Å². The van der Waals surface area contributed by atoms with Crippen molar-refractivity contribution in [3.8, 4) is 5.75 Å². The fraction of sp³-hybridized carbons (Fsp3) is 0.688. The van der Waals surface area contributed by atoms with Gasteiger partial charge in [-0.15, -0.1) is 0 Å². The highest BCUT2D eigenvalue weighted by Crippen LogP contribution is 2.43. The van der Waals surface area contributed by atoms with E-state index in [1.807, 2.05) is 19.1 Å². The maximum Gasteiger partial charge on any atom is 0.143 e. The number of ether oxygens (including phenoxy) is 2. The summed E-state index contributed by atoms with van der Waals surface area (Å²) in [5.74, 6) is 0.675. The van der Waals surface area contributed by atoms with Gasteiger partial charge in [0.15, 0.2) is 0 Å². The lowest BCUT2D eigenvalue weighted by atomic mass is 9.98. The molecule has 1 atom stereocenters. The van der Waals surface area contributed by atoms with Gasteiger partial charge in [0.25, 0.3) is 0 Å². The Bertz CT molecular complexity index is 469. The summed E-state index contributed by atoms with van der Waals surface area (Å²) in [5, 5.41) is 9.33. The zero-order chi connectivity index (χ0) is 14.0. The zero-order valence-corrected chi connectivity index (χ0v) is 12.1. The molecule has 2 heterocycles. The van der Waals surface area contributed by atoms with Gasteiger partial charge in [0.2, 0.25) is 0 Å². The average molecular weight is 277 g/mol. The van der Waals surface area contributed by atoms with E-state index in [9.17, 15) is 5.11 Å². The van der Waals surface area contributed by atoms with Gasteiger partial charge in [-0.25, -0.2) is 0 Å². The van der Waals surface area contributed by atoms with Gasteiger partial charge in [0, 0.05) is 5.69 Å². The number of nitrogens with zero attached hydrogens (tertiary/aromatic N) is 1. The van der Waals surface area contributed by atoms with E-state index in [0.29, 0.717) is 18.1 Å². The monoisotopic (exact) mass is 277 g/mol. The number of hydrogen-bond acceptors (Lipinski definition) is 4. The lowest BCUT2D eigenvalue weighted by Gasteiger charge is -2.24. The van der Waals surface area contributed by atoms with Crippen LogP contribution >= 0.6 is 0 Å². The van der Waals surface area contributed by atoms with Gasteiger partial charge in [0.05, 0.1) is 18.3 Å². The Morgan fingerprint density at radius 2 is 2.15 bits per heavy atom. The highest BCUT2D eigenvalue weighted by Gasteiger charge is 2.42. The molecule has 20 heavy (non-hydrogen) atoms.